The van der Waals surface area contributed by atoms with Crippen LogP contribution < -0.4 is 4.72 Å². The van der Waals surface area contributed by atoms with Crippen LogP contribution in [0, 0.1) is 11.7 Å². The molecule has 0 saturated heterocycles. The molecule has 1 aromatic carbocycles. The Labute approximate surface area is 106 Å². The zero-order chi connectivity index (χ0) is 13.8. The maximum Gasteiger partial charge on any atom is 0.236 e. The quantitative estimate of drug-likeness (QED) is 0.883. The van der Waals surface area contributed by atoms with Crippen LogP contribution in [0.3, 0.4) is 0 Å². The fraction of sp³-hybridized carbons (Fsp3) is 0.417. The van der Waals surface area contributed by atoms with Crippen LogP contribution in [0.15, 0.2) is 24.3 Å². The molecule has 18 heavy (non-hydrogen) atoms. The molecule has 6 heteroatoms. The molecular formula is C12H16FNO3S. The zero-order valence-corrected chi connectivity index (χ0v) is 11.1. The third-order valence-corrected chi connectivity index (χ3v) is 3.06. The van der Waals surface area contributed by atoms with Crippen molar-refractivity contribution in [2.24, 2.45) is 5.92 Å². The highest BCUT2D eigenvalue weighted by molar-refractivity contribution is 7.89. The van der Waals surface area contributed by atoms with Gasteiger partial charge in [-0.3, -0.25) is 9.52 Å². The van der Waals surface area contributed by atoms with Gasteiger partial charge in [-0.1, -0.05) is 19.1 Å². The summed E-state index contributed by atoms with van der Waals surface area (Å²) < 4.78 is 36.6. The van der Waals surface area contributed by atoms with Gasteiger partial charge in [-0.25, -0.2) is 12.8 Å². The van der Waals surface area contributed by atoms with Gasteiger partial charge in [-0.15, -0.1) is 0 Å². The van der Waals surface area contributed by atoms with E-state index >= 15 is 0 Å². The van der Waals surface area contributed by atoms with E-state index in [1.54, 1.807) is 19.1 Å². The number of halogens is 1. The second-order valence-corrected chi connectivity index (χ2v) is 6.06. The summed E-state index contributed by atoms with van der Waals surface area (Å²) in [7, 11) is -3.52. The molecule has 0 spiro atoms. The smallest absolute Gasteiger partial charge is 0.236 e. The number of amides is 1. The fourth-order valence-corrected chi connectivity index (χ4v) is 2.06. The number of nitrogens with one attached hydrogen (secondary N) is 1. The molecular weight excluding hydrogens is 257 g/mol. The average molecular weight is 273 g/mol. The number of hydrogen-bond acceptors (Lipinski definition) is 3. The summed E-state index contributed by atoms with van der Waals surface area (Å²) >= 11 is 0. The lowest BCUT2D eigenvalue weighted by molar-refractivity contribution is -0.122. The van der Waals surface area contributed by atoms with Gasteiger partial charge in [-0.2, -0.15) is 0 Å². The van der Waals surface area contributed by atoms with E-state index in [1.165, 1.54) is 12.1 Å². The van der Waals surface area contributed by atoms with Gasteiger partial charge < -0.3 is 0 Å². The van der Waals surface area contributed by atoms with E-state index in [4.69, 9.17) is 0 Å². The van der Waals surface area contributed by atoms with Crippen LogP contribution in [0.2, 0.25) is 0 Å². The molecule has 0 aromatic heterocycles. The number of benzene rings is 1. The van der Waals surface area contributed by atoms with Crippen molar-refractivity contribution in [3.63, 3.8) is 0 Å². The van der Waals surface area contributed by atoms with Crippen LogP contribution in [-0.2, 0) is 21.2 Å². The largest absolute Gasteiger partial charge is 0.274 e. The van der Waals surface area contributed by atoms with Gasteiger partial charge in [0, 0.05) is 5.92 Å². The number of sulfonamides is 1. The van der Waals surface area contributed by atoms with Crippen molar-refractivity contribution >= 4 is 15.9 Å². The van der Waals surface area contributed by atoms with Gasteiger partial charge in [-0.05, 0) is 30.5 Å². The second kappa shape index (κ2) is 5.95. The molecule has 0 fully saturated rings. The zero-order valence-electron chi connectivity index (χ0n) is 10.3. The Kier molecular flexibility index (Phi) is 4.84. The van der Waals surface area contributed by atoms with Gasteiger partial charge in [0.05, 0.1) is 6.26 Å². The molecule has 0 bridgehead atoms. The highest BCUT2D eigenvalue weighted by Gasteiger charge is 2.16. The third-order valence-electron chi connectivity index (χ3n) is 2.49. The van der Waals surface area contributed by atoms with Crippen LogP contribution in [0.5, 0.6) is 0 Å². The number of carbonyl (C=O) groups is 1. The Hall–Kier alpha value is -1.43. The average Bonchev–Trinajstić information content (AvgIpc) is 2.23. The molecule has 0 radical (unpaired) electrons. The molecule has 0 aliphatic rings. The summed E-state index contributed by atoms with van der Waals surface area (Å²) in [6, 6.07) is 6.13. The molecule has 4 nitrogen and oxygen atoms in total. The van der Waals surface area contributed by atoms with E-state index in [0.29, 0.717) is 12.8 Å². The summed E-state index contributed by atoms with van der Waals surface area (Å²) in [5.41, 5.74) is 0.786. The molecule has 0 heterocycles. The van der Waals surface area contributed by atoms with E-state index in [1.807, 2.05) is 4.72 Å². The van der Waals surface area contributed by atoms with Crippen molar-refractivity contribution in [1.82, 2.24) is 4.72 Å². The molecule has 0 aliphatic heterocycles. The molecule has 0 aliphatic carbocycles. The fourth-order valence-electron chi connectivity index (χ4n) is 1.49. The van der Waals surface area contributed by atoms with Crippen LogP contribution in [0.4, 0.5) is 4.39 Å². The first kappa shape index (κ1) is 14.6. The predicted molar refractivity (Wildman–Crippen MR) is 66.9 cm³/mol. The minimum absolute atomic E-state index is 0.319. The first-order valence-electron chi connectivity index (χ1n) is 5.54. The summed E-state index contributed by atoms with van der Waals surface area (Å²) in [5.74, 6) is -1.29. The SMILES string of the molecule is CC(CCc1cccc(F)c1)C(=O)NS(C)(=O)=O. The van der Waals surface area contributed by atoms with Gasteiger partial charge in [0.1, 0.15) is 5.82 Å². The molecule has 1 atom stereocenters. The highest BCUT2D eigenvalue weighted by atomic mass is 32.2. The lowest BCUT2D eigenvalue weighted by atomic mass is 10.0. The third kappa shape index (κ3) is 5.27. The standard InChI is InChI=1S/C12H16FNO3S/c1-9(12(15)14-18(2,16)17)6-7-10-4-3-5-11(13)8-10/h3-5,8-9H,6-7H2,1-2H3,(H,14,15). The summed E-state index contributed by atoms with van der Waals surface area (Å²) in [5, 5.41) is 0. The predicted octanol–water partition coefficient (Wildman–Crippen LogP) is 1.47. The maximum atomic E-state index is 12.9. The Bertz CT molecular complexity index is 528. The van der Waals surface area contributed by atoms with Crippen molar-refractivity contribution < 1.29 is 17.6 Å². The van der Waals surface area contributed by atoms with Gasteiger partial charge >= 0.3 is 0 Å². The van der Waals surface area contributed by atoms with Crippen molar-refractivity contribution in [2.45, 2.75) is 19.8 Å². The maximum absolute atomic E-state index is 12.9. The minimum Gasteiger partial charge on any atom is -0.274 e. The second-order valence-electron chi connectivity index (χ2n) is 4.31. The molecule has 1 aromatic rings. The molecule has 1 N–H and O–H groups in total. The summed E-state index contributed by atoms with van der Waals surface area (Å²) in [6.07, 6.45) is 1.92. The Morgan fingerprint density at radius 3 is 2.67 bits per heavy atom. The lowest BCUT2D eigenvalue weighted by Crippen LogP contribution is -2.33. The molecule has 1 unspecified atom stereocenters. The number of rotatable bonds is 5. The van der Waals surface area contributed by atoms with Crippen molar-refractivity contribution in [1.29, 1.82) is 0 Å². The normalized spacial score (nSPS) is 13.1. The molecule has 1 rings (SSSR count). The van der Waals surface area contributed by atoms with Crippen LogP contribution >= 0.6 is 0 Å². The number of hydrogen-bond donors (Lipinski definition) is 1. The van der Waals surface area contributed by atoms with Crippen LogP contribution in [0.1, 0.15) is 18.9 Å². The van der Waals surface area contributed by atoms with E-state index in [9.17, 15) is 17.6 Å². The van der Waals surface area contributed by atoms with Crippen molar-refractivity contribution in [3.8, 4) is 0 Å². The molecule has 1 amide bonds. The highest BCUT2D eigenvalue weighted by Crippen LogP contribution is 2.11. The van der Waals surface area contributed by atoms with Crippen LogP contribution in [0.25, 0.3) is 0 Å². The van der Waals surface area contributed by atoms with E-state index in [0.717, 1.165) is 11.8 Å². The lowest BCUT2D eigenvalue weighted by Gasteiger charge is -2.10. The first-order valence-corrected chi connectivity index (χ1v) is 7.43. The van der Waals surface area contributed by atoms with Crippen molar-refractivity contribution in [2.75, 3.05) is 6.26 Å². The van der Waals surface area contributed by atoms with E-state index in [2.05, 4.69) is 0 Å². The monoisotopic (exact) mass is 273 g/mol. The number of aryl methyl sites for hydroxylation is 1. The molecule has 100 valence electrons. The topological polar surface area (TPSA) is 63.2 Å². The Balaban J connectivity index is 2.51. The van der Waals surface area contributed by atoms with Crippen molar-refractivity contribution in [3.05, 3.63) is 35.6 Å². The number of carbonyl (C=O) groups excluding carboxylic acids is 1. The summed E-state index contributed by atoms with van der Waals surface area (Å²) in [4.78, 5) is 11.5. The Morgan fingerprint density at radius 1 is 1.44 bits per heavy atom. The van der Waals surface area contributed by atoms with Gasteiger partial charge in [0.25, 0.3) is 0 Å². The van der Waals surface area contributed by atoms with Gasteiger partial charge in [0.15, 0.2) is 0 Å². The minimum atomic E-state index is -3.52. The van der Waals surface area contributed by atoms with E-state index < -0.39 is 21.8 Å². The van der Waals surface area contributed by atoms with Crippen LogP contribution in [-0.4, -0.2) is 20.6 Å². The molecule has 0 saturated carbocycles. The van der Waals surface area contributed by atoms with E-state index in [-0.39, 0.29) is 5.82 Å². The summed E-state index contributed by atoms with van der Waals surface area (Å²) in [6.45, 7) is 1.64. The van der Waals surface area contributed by atoms with Gasteiger partial charge in [0.2, 0.25) is 15.9 Å². The first-order chi connectivity index (χ1) is 8.28. The Morgan fingerprint density at radius 2 is 2.11 bits per heavy atom.